The highest BCUT2D eigenvalue weighted by Gasteiger charge is 2.09. The second kappa shape index (κ2) is 7.45. The molecule has 0 spiro atoms. The minimum Gasteiger partial charge on any atom is -0.324 e. The Hall–Kier alpha value is -3.06. The van der Waals surface area contributed by atoms with E-state index >= 15 is 0 Å². The molecule has 0 radical (unpaired) electrons. The van der Waals surface area contributed by atoms with Crippen molar-refractivity contribution in [3.05, 3.63) is 76.6 Å². The van der Waals surface area contributed by atoms with Gasteiger partial charge < -0.3 is 10.6 Å². The lowest BCUT2D eigenvalue weighted by atomic mass is 10.2. The molecule has 8 heteroatoms. The van der Waals surface area contributed by atoms with Crippen molar-refractivity contribution in [2.75, 3.05) is 10.6 Å². The summed E-state index contributed by atoms with van der Waals surface area (Å²) in [6.07, 6.45) is 2.64. The molecule has 1 aromatic heterocycles. The van der Waals surface area contributed by atoms with Gasteiger partial charge in [0.25, 0.3) is 5.91 Å². The average molecular weight is 375 g/mol. The predicted octanol–water partition coefficient (Wildman–Crippen LogP) is 4.71. The van der Waals surface area contributed by atoms with Gasteiger partial charge in [0.1, 0.15) is 0 Å². The number of amides is 1. The largest absolute Gasteiger partial charge is 0.324 e. The van der Waals surface area contributed by atoms with Crippen LogP contribution < -0.4 is 10.6 Å². The van der Waals surface area contributed by atoms with Gasteiger partial charge in [0.05, 0.1) is 5.56 Å². The molecule has 0 aliphatic rings. The first-order valence-electron chi connectivity index (χ1n) is 7.54. The van der Waals surface area contributed by atoms with E-state index in [0.29, 0.717) is 10.7 Å². The number of halogens is 3. The molecular weight excluding hydrogens is 362 g/mol. The molecule has 0 saturated heterocycles. The fraction of sp³-hybridized carbons (Fsp3) is 0.0556. The van der Waals surface area contributed by atoms with Gasteiger partial charge in [0, 0.05) is 34.9 Å². The zero-order chi connectivity index (χ0) is 18.7. The highest BCUT2D eigenvalue weighted by molar-refractivity contribution is 6.31. The molecule has 2 aromatic carbocycles. The van der Waals surface area contributed by atoms with Gasteiger partial charge in [0.2, 0.25) is 5.95 Å². The first kappa shape index (κ1) is 17.8. The minimum atomic E-state index is -0.984. The summed E-state index contributed by atoms with van der Waals surface area (Å²) in [5.74, 6) is -2.18. The van der Waals surface area contributed by atoms with Crippen molar-refractivity contribution in [2.24, 2.45) is 0 Å². The molecule has 0 saturated carbocycles. The second-order valence-electron chi connectivity index (χ2n) is 5.47. The molecule has 2 N–H and O–H groups in total. The Balaban J connectivity index is 1.69. The topological polar surface area (TPSA) is 66.9 Å². The van der Waals surface area contributed by atoms with Gasteiger partial charge in [-0.3, -0.25) is 4.79 Å². The third-order valence-electron chi connectivity index (χ3n) is 3.52. The summed E-state index contributed by atoms with van der Waals surface area (Å²) in [5, 5.41) is 5.96. The van der Waals surface area contributed by atoms with Crippen LogP contribution in [0.2, 0.25) is 5.02 Å². The van der Waals surface area contributed by atoms with Crippen LogP contribution in [0.25, 0.3) is 0 Å². The number of carbonyl (C=O) groups is 1. The number of nitrogens with one attached hydrogen (secondary N) is 2. The van der Waals surface area contributed by atoms with Gasteiger partial charge in [-0.05, 0) is 36.8 Å². The molecule has 3 aromatic rings. The summed E-state index contributed by atoms with van der Waals surface area (Å²) < 4.78 is 26.1. The average Bonchev–Trinajstić information content (AvgIpc) is 2.62. The molecule has 3 rings (SSSR count). The van der Waals surface area contributed by atoms with E-state index in [4.69, 9.17) is 11.6 Å². The summed E-state index contributed by atoms with van der Waals surface area (Å²) in [5.41, 5.74) is 1.98. The highest BCUT2D eigenvalue weighted by Crippen LogP contribution is 2.21. The summed E-state index contributed by atoms with van der Waals surface area (Å²) in [6.45, 7) is 1.86. The zero-order valence-corrected chi connectivity index (χ0v) is 14.3. The van der Waals surface area contributed by atoms with Crippen LogP contribution in [-0.4, -0.2) is 15.9 Å². The van der Waals surface area contributed by atoms with Crippen molar-refractivity contribution in [1.29, 1.82) is 0 Å². The number of carbonyl (C=O) groups excluding carboxylic acids is 1. The van der Waals surface area contributed by atoms with E-state index < -0.39 is 17.5 Å². The van der Waals surface area contributed by atoms with Gasteiger partial charge in [-0.2, -0.15) is 0 Å². The van der Waals surface area contributed by atoms with Crippen LogP contribution in [0.1, 0.15) is 15.9 Å². The molecule has 0 atom stereocenters. The predicted molar refractivity (Wildman–Crippen MR) is 95.8 cm³/mol. The van der Waals surface area contributed by atoms with Crippen molar-refractivity contribution < 1.29 is 13.6 Å². The van der Waals surface area contributed by atoms with Crippen LogP contribution in [-0.2, 0) is 0 Å². The molecule has 132 valence electrons. The Kier molecular flexibility index (Phi) is 5.09. The maximum Gasteiger partial charge on any atom is 0.258 e. The van der Waals surface area contributed by atoms with E-state index in [1.165, 1.54) is 18.5 Å². The third kappa shape index (κ3) is 4.12. The van der Waals surface area contributed by atoms with Gasteiger partial charge in [-0.15, -0.1) is 0 Å². The fourth-order valence-corrected chi connectivity index (χ4v) is 2.27. The first-order valence-corrected chi connectivity index (χ1v) is 7.92. The lowest BCUT2D eigenvalue weighted by Crippen LogP contribution is -2.13. The quantitative estimate of drug-likeness (QED) is 0.694. The normalized spacial score (nSPS) is 10.5. The Morgan fingerprint density at radius 2 is 1.69 bits per heavy atom. The fourth-order valence-electron chi connectivity index (χ4n) is 2.09. The third-order valence-corrected chi connectivity index (χ3v) is 3.93. The van der Waals surface area contributed by atoms with E-state index in [-0.39, 0.29) is 17.2 Å². The maximum absolute atomic E-state index is 13.2. The Morgan fingerprint density at radius 1 is 1.00 bits per heavy atom. The first-order chi connectivity index (χ1) is 12.4. The summed E-state index contributed by atoms with van der Waals surface area (Å²) in [6, 6.07) is 8.51. The van der Waals surface area contributed by atoms with E-state index in [1.54, 1.807) is 18.2 Å². The number of aryl methyl sites for hydroxylation is 1. The molecule has 1 amide bonds. The molecule has 0 bridgehead atoms. The Bertz CT molecular complexity index is 964. The van der Waals surface area contributed by atoms with E-state index in [1.807, 2.05) is 6.92 Å². The summed E-state index contributed by atoms with van der Waals surface area (Å²) in [7, 11) is 0. The standard InChI is InChI=1S/C18H13ClF2N4O/c1-10-2-3-12(6-14(10)19)24-17(26)11-8-22-18(23-9-11)25-13-4-5-15(20)16(21)7-13/h2-9H,1H3,(H,24,26)(H,22,23,25). The monoisotopic (exact) mass is 374 g/mol. The van der Waals surface area contributed by atoms with E-state index in [2.05, 4.69) is 20.6 Å². The molecule has 0 aliphatic heterocycles. The van der Waals surface area contributed by atoms with Crippen LogP contribution in [0, 0.1) is 18.6 Å². The number of hydrogen-bond acceptors (Lipinski definition) is 4. The van der Waals surface area contributed by atoms with Gasteiger partial charge in [-0.1, -0.05) is 17.7 Å². The van der Waals surface area contributed by atoms with Crippen molar-refractivity contribution >= 4 is 34.8 Å². The number of nitrogens with zero attached hydrogens (tertiary/aromatic N) is 2. The highest BCUT2D eigenvalue weighted by atomic mass is 35.5. The maximum atomic E-state index is 13.2. The summed E-state index contributed by atoms with van der Waals surface area (Å²) >= 11 is 6.03. The molecule has 5 nitrogen and oxygen atoms in total. The minimum absolute atomic E-state index is 0.144. The van der Waals surface area contributed by atoms with Crippen molar-refractivity contribution in [3.63, 3.8) is 0 Å². The van der Waals surface area contributed by atoms with Crippen LogP contribution in [0.15, 0.2) is 48.8 Å². The molecular formula is C18H13ClF2N4O. The van der Waals surface area contributed by atoms with Gasteiger partial charge in [-0.25, -0.2) is 18.7 Å². The van der Waals surface area contributed by atoms with Crippen LogP contribution >= 0.6 is 11.6 Å². The van der Waals surface area contributed by atoms with E-state index in [9.17, 15) is 13.6 Å². The van der Waals surface area contributed by atoms with Crippen LogP contribution in [0.3, 0.4) is 0 Å². The second-order valence-corrected chi connectivity index (χ2v) is 5.87. The van der Waals surface area contributed by atoms with Crippen LogP contribution in [0.5, 0.6) is 0 Å². The zero-order valence-electron chi connectivity index (χ0n) is 13.6. The Labute approximate surface area is 153 Å². The smallest absolute Gasteiger partial charge is 0.258 e. The Morgan fingerprint density at radius 3 is 2.35 bits per heavy atom. The molecule has 1 heterocycles. The summed E-state index contributed by atoms with van der Waals surface area (Å²) in [4.78, 5) is 20.2. The number of hydrogen-bond donors (Lipinski definition) is 2. The molecule has 0 unspecified atom stereocenters. The lowest BCUT2D eigenvalue weighted by Gasteiger charge is -2.08. The number of anilines is 3. The number of rotatable bonds is 4. The molecule has 0 fully saturated rings. The SMILES string of the molecule is Cc1ccc(NC(=O)c2cnc(Nc3ccc(F)c(F)c3)nc2)cc1Cl. The lowest BCUT2D eigenvalue weighted by molar-refractivity contribution is 0.102. The van der Waals surface area contributed by atoms with Crippen LogP contribution in [0.4, 0.5) is 26.1 Å². The van der Waals surface area contributed by atoms with Crippen molar-refractivity contribution in [2.45, 2.75) is 6.92 Å². The van der Waals surface area contributed by atoms with Gasteiger partial charge >= 0.3 is 0 Å². The van der Waals surface area contributed by atoms with Crippen molar-refractivity contribution in [3.8, 4) is 0 Å². The number of aromatic nitrogens is 2. The van der Waals surface area contributed by atoms with Crippen molar-refractivity contribution in [1.82, 2.24) is 9.97 Å². The van der Waals surface area contributed by atoms with Gasteiger partial charge in [0.15, 0.2) is 11.6 Å². The van der Waals surface area contributed by atoms with E-state index in [0.717, 1.165) is 17.7 Å². The molecule has 0 aliphatic carbocycles. The molecule has 26 heavy (non-hydrogen) atoms. The number of benzene rings is 2.